The van der Waals surface area contributed by atoms with Crippen molar-refractivity contribution in [3.05, 3.63) is 35.4 Å². The molecule has 1 aliphatic heterocycles. The van der Waals surface area contributed by atoms with Gasteiger partial charge in [0.05, 0.1) is 0 Å². The molecule has 0 saturated carbocycles. The van der Waals surface area contributed by atoms with E-state index >= 15 is 0 Å². The van der Waals surface area contributed by atoms with Crippen molar-refractivity contribution in [2.45, 2.75) is 39.3 Å². The summed E-state index contributed by atoms with van der Waals surface area (Å²) < 4.78 is 0. The molecular formula is C15H22N2O. The number of carbonyl (C=O) groups excluding carboxylic acids is 1. The average molecular weight is 246 g/mol. The van der Waals surface area contributed by atoms with Crippen molar-refractivity contribution in [3.63, 3.8) is 0 Å². The summed E-state index contributed by atoms with van der Waals surface area (Å²) in [6, 6.07) is 8.64. The van der Waals surface area contributed by atoms with E-state index in [1.807, 2.05) is 12.1 Å². The molecule has 3 nitrogen and oxygen atoms in total. The number of piperidine rings is 1. The molecule has 18 heavy (non-hydrogen) atoms. The van der Waals surface area contributed by atoms with Crippen LogP contribution in [0.1, 0.15) is 30.9 Å². The summed E-state index contributed by atoms with van der Waals surface area (Å²) in [4.78, 5) is 12.1. The molecule has 0 aliphatic carbocycles. The molecule has 0 aromatic heterocycles. The van der Waals surface area contributed by atoms with Crippen LogP contribution in [0.25, 0.3) is 0 Å². The standard InChI is InChI=1S/C15H22N2O/c1-11-5-3-4-6-14(11)10-17-15(18)13-7-8-16-12(2)9-13/h3-6,12-13,16H,7-10H2,1-2H3,(H,17,18). The van der Waals surface area contributed by atoms with Crippen molar-refractivity contribution in [2.75, 3.05) is 6.54 Å². The third-order valence-electron chi connectivity index (χ3n) is 3.71. The summed E-state index contributed by atoms with van der Waals surface area (Å²) in [5.41, 5.74) is 2.43. The fourth-order valence-electron chi connectivity index (χ4n) is 2.51. The Balaban J connectivity index is 1.86. The van der Waals surface area contributed by atoms with Gasteiger partial charge in [-0.05, 0) is 44.4 Å². The SMILES string of the molecule is Cc1ccccc1CNC(=O)C1CCNC(C)C1. The molecule has 2 N–H and O–H groups in total. The van der Waals surface area contributed by atoms with Gasteiger partial charge in [0.25, 0.3) is 0 Å². The van der Waals surface area contributed by atoms with Gasteiger partial charge < -0.3 is 10.6 Å². The Morgan fingerprint density at radius 2 is 2.22 bits per heavy atom. The summed E-state index contributed by atoms with van der Waals surface area (Å²) in [6.07, 6.45) is 1.89. The molecular weight excluding hydrogens is 224 g/mol. The zero-order valence-electron chi connectivity index (χ0n) is 11.2. The maximum Gasteiger partial charge on any atom is 0.223 e. The zero-order chi connectivity index (χ0) is 13.0. The lowest BCUT2D eigenvalue weighted by molar-refractivity contribution is -0.126. The Labute approximate surface area is 109 Å². The van der Waals surface area contributed by atoms with E-state index in [-0.39, 0.29) is 11.8 Å². The molecule has 1 saturated heterocycles. The van der Waals surface area contributed by atoms with E-state index in [2.05, 4.69) is 36.6 Å². The van der Waals surface area contributed by atoms with Crippen molar-refractivity contribution < 1.29 is 4.79 Å². The zero-order valence-corrected chi connectivity index (χ0v) is 11.2. The Bertz CT molecular complexity index is 417. The minimum atomic E-state index is 0.172. The highest BCUT2D eigenvalue weighted by atomic mass is 16.1. The van der Waals surface area contributed by atoms with Crippen LogP contribution >= 0.6 is 0 Å². The average Bonchev–Trinajstić information content (AvgIpc) is 2.37. The first-order chi connectivity index (χ1) is 8.66. The molecule has 1 aromatic rings. The molecule has 0 bridgehead atoms. The molecule has 1 heterocycles. The Morgan fingerprint density at radius 1 is 1.44 bits per heavy atom. The molecule has 0 radical (unpaired) electrons. The van der Waals surface area contributed by atoms with Crippen molar-refractivity contribution in [1.82, 2.24) is 10.6 Å². The Hall–Kier alpha value is -1.35. The van der Waals surface area contributed by atoms with Gasteiger partial charge in [-0.3, -0.25) is 4.79 Å². The molecule has 1 amide bonds. The van der Waals surface area contributed by atoms with Crippen LogP contribution in [0.15, 0.2) is 24.3 Å². The van der Waals surface area contributed by atoms with E-state index in [0.29, 0.717) is 12.6 Å². The van der Waals surface area contributed by atoms with E-state index in [9.17, 15) is 4.79 Å². The third kappa shape index (κ3) is 3.33. The van der Waals surface area contributed by atoms with E-state index < -0.39 is 0 Å². The third-order valence-corrected chi connectivity index (χ3v) is 3.71. The van der Waals surface area contributed by atoms with Crippen LogP contribution in [-0.2, 0) is 11.3 Å². The number of benzene rings is 1. The van der Waals surface area contributed by atoms with Crippen LogP contribution < -0.4 is 10.6 Å². The highest BCUT2D eigenvalue weighted by molar-refractivity contribution is 5.78. The maximum absolute atomic E-state index is 12.1. The Kier molecular flexibility index (Phi) is 4.37. The van der Waals surface area contributed by atoms with Crippen LogP contribution in [0.2, 0.25) is 0 Å². The van der Waals surface area contributed by atoms with Gasteiger partial charge in [-0.1, -0.05) is 24.3 Å². The quantitative estimate of drug-likeness (QED) is 0.856. The molecule has 0 spiro atoms. The lowest BCUT2D eigenvalue weighted by Crippen LogP contribution is -2.42. The van der Waals surface area contributed by atoms with Crippen LogP contribution in [0, 0.1) is 12.8 Å². The number of amides is 1. The summed E-state index contributed by atoms with van der Waals surface area (Å²) in [5, 5.41) is 6.43. The van der Waals surface area contributed by atoms with E-state index in [1.165, 1.54) is 11.1 Å². The normalized spacial score (nSPS) is 23.7. The van der Waals surface area contributed by atoms with E-state index in [4.69, 9.17) is 0 Å². The van der Waals surface area contributed by atoms with Crippen LogP contribution in [0.4, 0.5) is 0 Å². The second-order valence-electron chi connectivity index (χ2n) is 5.22. The van der Waals surface area contributed by atoms with Crippen LogP contribution in [0.5, 0.6) is 0 Å². The fourth-order valence-corrected chi connectivity index (χ4v) is 2.51. The number of hydrogen-bond acceptors (Lipinski definition) is 2. The van der Waals surface area contributed by atoms with Crippen LogP contribution in [-0.4, -0.2) is 18.5 Å². The lowest BCUT2D eigenvalue weighted by Gasteiger charge is -2.27. The largest absolute Gasteiger partial charge is 0.352 e. The second kappa shape index (κ2) is 6.01. The number of carbonyl (C=O) groups is 1. The summed E-state index contributed by atoms with van der Waals surface area (Å²) in [6.45, 7) is 5.81. The minimum Gasteiger partial charge on any atom is -0.352 e. The predicted molar refractivity (Wildman–Crippen MR) is 73.2 cm³/mol. The highest BCUT2D eigenvalue weighted by Gasteiger charge is 2.24. The molecule has 3 heteroatoms. The van der Waals surface area contributed by atoms with Gasteiger partial charge in [-0.25, -0.2) is 0 Å². The number of rotatable bonds is 3. The summed E-state index contributed by atoms with van der Waals surface area (Å²) >= 11 is 0. The molecule has 1 fully saturated rings. The summed E-state index contributed by atoms with van der Waals surface area (Å²) in [5.74, 6) is 0.372. The Morgan fingerprint density at radius 3 is 2.94 bits per heavy atom. The number of nitrogens with one attached hydrogen (secondary N) is 2. The maximum atomic E-state index is 12.1. The van der Waals surface area contributed by atoms with Gasteiger partial charge in [-0.2, -0.15) is 0 Å². The number of hydrogen-bond donors (Lipinski definition) is 2. The second-order valence-corrected chi connectivity index (χ2v) is 5.22. The lowest BCUT2D eigenvalue weighted by atomic mass is 9.92. The molecule has 98 valence electrons. The van der Waals surface area contributed by atoms with Gasteiger partial charge in [0.15, 0.2) is 0 Å². The van der Waals surface area contributed by atoms with Gasteiger partial charge in [0.2, 0.25) is 5.91 Å². The van der Waals surface area contributed by atoms with E-state index in [0.717, 1.165) is 19.4 Å². The molecule has 1 aliphatic rings. The molecule has 2 unspecified atom stereocenters. The first-order valence-electron chi connectivity index (χ1n) is 6.72. The number of aryl methyl sites for hydroxylation is 1. The molecule has 1 aromatic carbocycles. The van der Waals surface area contributed by atoms with Gasteiger partial charge in [0, 0.05) is 18.5 Å². The highest BCUT2D eigenvalue weighted by Crippen LogP contribution is 2.16. The van der Waals surface area contributed by atoms with Gasteiger partial charge in [0.1, 0.15) is 0 Å². The van der Waals surface area contributed by atoms with Crippen LogP contribution in [0.3, 0.4) is 0 Å². The van der Waals surface area contributed by atoms with Crippen molar-refractivity contribution >= 4 is 5.91 Å². The predicted octanol–water partition coefficient (Wildman–Crippen LogP) is 2.00. The van der Waals surface area contributed by atoms with Crippen molar-refractivity contribution in [3.8, 4) is 0 Å². The minimum absolute atomic E-state index is 0.172. The van der Waals surface area contributed by atoms with Gasteiger partial charge >= 0.3 is 0 Å². The molecule has 2 rings (SSSR count). The van der Waals surface area contributed by atoms with Crippen molar-refractivity contribution in [1.29, 1.82) is 0 Å². The monoisotopic (exact) mass is 246 g/mol. The smallest absolute Gasteiger partial charge is 0.223 e. The van der Waals surface area contributed by atoms with E-state index in [1.54, 1.807) is 0 Å². The van der Waals surface area contributed by atoms with Crippen molar-refractivity contribution in [2.24, 2.45) is 5.92 Å². The molecule has 2 atom stereocenters. The van der Waals surface area contributed by atoms with Gasteiger partial charge in [-0.15, -0.1) is 0 Å². The topological polar surface area (TPSA) is 41.1 Å². The fraction of sp³-hybridized carbons (Fsp3) is 0.533. The first-order valence-corrected chi connectivity index (χ1v) is 6.72. The summed E-state index contributed by atoms with van der Waals surface area (Å²) in [7, 11) is 0. The first kappa shape index (κ1) is 13.1.